The zero-order valence-corrected chi connectivity index (χ0v) is 12.9. The second-order valence-electron chi connectivity index (χ2n) is 4.56. The monoisotopic (exact) mass is 337 g/mol. The molecule has 0 aliphatic carbocycles. The lowest BCUT2D eigenvalue weighted by molar-refractivity contribution is 0.334. The highest BCUT2D eigenvalue weighted by molar-refractivity contribution is 9.10. The van der Waals surface area contributed by atoms with Crippen LogP contribution in [-0.2, 0) is 6.42 Å². The van der Waals surface area contributed by atoms with Gasteiger partial charge in [-0.1, -0.05) is 28.1 Å². The van der Waals surface area contributed by atoms with Gasteiger partial charge in [0.2, 0.25) is 0 Å². The maximum Gasteiger partial charge on any atom is 0.124 e. The first-order valence-electron chi connectivity index (χ1n) is 6.52. The molecule has 106 valence electrons. The van der Waals surface area contributed by atoms with Crippen molar-refractivity contribution in [3.8, 4) is 5.75 Å². The molecule has 2 aromatic rings. The molecule has 0 spiro atoms. The van der Waals surface area contributed by atoms with E-state index in [1.165, 1.54) is 12.1 Å². The zero-order valence-electron chi connectivity index (χ0n) is 11.3. The van der Waals surface area contributed by atoms with Gasteiger partial charge in [-0.2, -0.15) is 0 Å². The summed E-state index contributed by atoms with van der Waals surface area (Å²) < 4.78 is 19.8. The van der Waals surface area contributed by atoms with Crippen LogP contribution >= 0.6 is 15.9 Å². The molecule has 2 N–H and O–H groups in total. The van der Waals surface area contributed by atoms with Crippen LogP contribution in [0.5, 0.6) is 5.75 Å². The molecule has 0 aliphatic rings. The molecular weight excluding hydrogens is 321 g/mol. The lowest BCUT2D eigenvalue weighted by atomic mass is 9.99. The average molecular weight is 338 g/mol. The Morgan fingerprint density at radius 2 is 2.05 bits per heavy atom. The molecule has 0 fully saturated rings. The Kier molecular flexibility index (Phi) is 5.15. The lowest BCUT2D eigenvalue weighted by Gasteiger charge is -2.17. The highest BCUT2D eigenvalue weighted by Gasteiger charge is 2.14. The molecule has 2 nitrogen and oxygen atoms in total. The number of rotatable bonds is 5. The SMILES string of the molecule is CCOc1ccc(Br)cc1C(N)Cc1cccc(F)c1. The van der Waals surface area contributed by atoms with Crippen LogP contribution in [-0.4, -0.2) is 6.61 Å². The number of hydrogen-bond donors (Lipinski definition) is 1. The van der Waals surface area contributed by atoms with Crippen LogP contribution < -0.4 is 10.5 Å². The van der Waals surface area contributed by atoms with Gasteiger partial charge in [-0.05, 0) is 49.2 Å². The Hall–Kier alpha value is -1.39. The maximum absolute atomic E-state index is 13.2. The summed E-state index contributed by atoms with van der Waals surface area (Å²) in [5.74, 6) is 0.536. The van der Waals surface area contributed by atoms with Crippen LogP contribution in [0.2, 0.25) is 0 Å². The van der Waals surface area contributed by atoms with E-state index in [0.717, 1.165) is 21.3 Å². The van der Waals surface area contributed by atoms with Crippen LogP contribution in [0.15, 0.2) is 46.9 Å². The maximum atomic E-state index is 13.2. The summed E-state index contributed by atoms with van der Waals surface area (Å²) in [6.07, 6.45) is 0.564. The van der Waals surface area contributed by atoms with Crippen molar-refractivity contribution >= 4 is 15.9 Å². The second-order valence-corrected chi connectivity index (χ2v) is 5.47. The summed E-state index contributed by atoms with van der Waals surface area (Å²) in [5, 5.41) is 0. The first-order chi connectivity index (χ1) is 9.60. The molecule has 0 amide bonds. The van der Waals surface area contributed by atoms with E-state index in [4.69, 9.17) is 10.5 Å². The molecular formula is C16H17BrFNO. The molecule has 0 heterocycles. The predicted octanol–water partition coefficient (Wildman–Crippen LogP) is 4.23. The van der Waals surface area contributed by atoms with E-state index in [1.54, 1.807) is 6.07 Å². The summed E-state index contributed by atoms with van der Waals surface area (Å²) >= 11 is 3.44. The van der Waals surface area contributed by atoms with Gasteiger partial charge in [-0.15, -0.1) is 0 Å². The van der Waals surface area contributed by atoms with Gasteiger partial charge in [0, 0.05) is 16.1 Å². The van der Waals surface area contributed by atoms with Crippen molar-refractivity contribution in [2.75, 3.05) is 6.61 Å². The van der Waals surface area contributed by atoms with Crippen LogP contribution in [0, 0.1) is 5.82 Å². The first-order valence-corrected chi connectivity index (χ1v) is 7.31. The molecule has 0 saturated carbocycles. The van der Waals surface area contributed by atoms with Crippen LogP contribution in [0.25, 0.3) is 0 Å². The quantitative estimate of drug-likeness (QED) is 0.886. The van der Waals surface area contributed by atoms with Gasteiger partial charge in [0.15, 0.2) is 0 Å². The average Bonchev–Trinajstić information content (AvgIpc) is 2.41. The van der Waals surface area contributed by atoms with Crippen LogP contribution in [0.1, 0.15) is 24.1 Å². The van der Waals surface area contributed by atoms with Gasteiger partial charge in [0.05, 0.1) is 6.61 Å². The van der Waals surface area contributed by atoms with Crippen molar-refractivity contribution in [1.82, 2.24) is 0 Å². The molecule has 2 rings (SSSR count). The van der Waals surface area contributed by atoms with E-state index in [-0.39, 0.29) is 11.9 Å². The summed E-state index contributed by atoms with van der Waals surface area (Å²) in [6.45, 7) is 2.52. The van der Waals surface area contributed by atoms with Gasteiger partial charge < -0.3 is 10.5 Å². The van der Waals surface area contributed by atoms with Crippen molar-refractivity contribution in [3.05, 3.63) is 63.9 Å². The van der Waals surface area contributed by atoms with E-state index < -0.39 is 0 Å². The number of benzene rings is 2. The highest BCUT2D eigenvalue weighted by Crippen LogP contribution is 2.29. The minimum Gasteiger partial charge on any atom is -0.494 e. The van der Waals surface area contributed by atoms with E-state index >= 15 is 0 Å². The second kappa shape index (κ2) is 6.86. The molecule has 0 bridgehead atoms. The fourth-order valence-electron chi connectivity index (χ4n) is 2.12. The van der Waals surface area contributed by atoms with Crippen molar-refractivity contribution in [2.45, 2.75) is 19.4 Å². The molecule has 0 saturated heterocycles. The van der Waals surface area contributed by atoms with E-state index in [2.05, 4.69) is 15.9 Å². The van der Waals surface area contributed by atoms with Gasteiger partial charge in [-0.25, -0.2) is 4.39 Å². The minimum absolute atomic E-state index is 0.240. The van der Waals surface area contributed by atoms with Crippen molar-refractivity contribution in [2.24, 2.45) is 5.73 Å². The third-order valence-electron chi connectivity index (χ3n) is 3.02. The van der Waals surface area contributed by atoms with Gasteiger partial charge in [-0.3, -0.25) is 0 Å². The Bertz CT molecular complexity index is 588. The third kappa shape index (κ3) is 3.81. The summed E-state index contributed by atoms with van der Waals surface area (Å²) in [5.41, 5.74) is 8.05. The third-order valence-corrected chi connectivity index (χ3v) is 3.51. The molecule has 1 unspecified atom stereocenters. The van der Waals surface area contributed by atoms with Crippen LogP contribution in [0.4, 0.5) is 4.39 Å². The van der Waals surface area contributed by atoms with Crippen molar-refractivity contribution in [3.63, 3.8) is 0 Å². The first kappa shape index (κ1) is 15.0. The normalized spacial score (nSPS) is 12.2. The largest absolute Gasteiger partial charge is 0.494 e. The Labute approximate surface area is 126 Å². The lowest BCUT2D eigenvalue weighted by Crippen LogP contribution is -2.15. The number of hydrogen-bond acceptors (Lipinski definition) is 2. The predicted molar refractivity (Wildman–Crippen MR) is 82.3 cm³/mol. The van der Waals surface area contributed by atoms with Crippen molar-refractivity contribution < 1.29 is 9.13 Å². The molecule has 0 aliphatic heterocycles. The Balaban J connectivity index is 2.23. The fraction of sp³-hybridized carbons (Fsp3) is 0.250. The van der Waals surface area contributed by atoms with Crippen molar-refractivity contribution in [1.29, 1.82) is 0 Å². The number of nitrogens with two attached hydrogens (primary N) is 1. The molecule has 2 aromatic carbocycles. The van der Waals surface area contributed by atoms with E-state index in [9.17, 15) is 4.39 Å². The van der Waals surface area contributed by atoms with Gasteiger partial charge >= 0.3 is 0 Å². The summed E-state index contributed by atoms with van der Waals surface area (Å²) in [6, 6.07) is 12.0. The molecule has 0 aromatic heterocycles. The van der Waals surface area contributed by atoms with E-state index in [0.29, 0.717) is 13.0 Å². The molecule has 4 heteroatoms. The van der Waals surface area contributed by atoms with Gasteiger partial charge in [0.1, 0.15) is 11.6 Å². The molecule has 1 atom stereocenters. The standard InChI is InChI=1S/C16H17BrFNO/c1-2-20-16-7-6-12(17)10-14(16)15(19)9-11-4-3-5-13(18)8-11/h3-8,10,15H,2,9,19H2,1H3. The van der Waals surface area contributed by atoms with E-state index in [1.807, 2.05) is 31.2 Å². The summed E-state index contributed by atoms with van der Waals surface area (Å²) in [7, 11) is 0. The minimum atomic E-state index is -0.242. The smallest absolute Gasteiger partial charge is 0.124 e. The number of halogens is 2. The highest BCUT2D eigenvalue weighted by atomic mass is 79.9. The Morgan fingerprint density at radius 1 is 1.25 bits per heavy atom. The van der Waals surface area contributed by atoms with Gasteiger partial charge in [0.25, 0.3) is 0 Å². The number of ether oxygens (including phenoxy) is 1. The topological polar surface area (TPSA) is 35.2 Å². The molecule has 20 heavy (non-hydrogen) atoms. The molecule has 0 radical (unpaired) electrons. The Morgan fingerprint density at radius 3 is 2.75 bits per heavy atom. The zero-order chi connectivity index (χ0) is 14.5. The van der Waals surface area contributed by atoms with Crippen LogP contribution in [0.3, 0.4) is 0 Å². The fourth-order valence-corrected chi connectivity index (χ4v) is 2.50. The summed E-state index contributed by atoms with van der Waals surface area (Å²) in [4.78, 5) is 0.